The van der Waals surface area contributed by atoms with Crippen molar-refractivity contribution >= 4 is 29.5 Å². The summed E-state index contributed by atoms with van der Waals surface area (Å²) in [6.07, 6.45) is 1.68. The normalized spacial score (nSPS) is 16.8. The molecular weight excluding hydrogens is 342 g/mol. The van der Waals surface area contributed by atoms with Crippen molar-refractivity contribution in [2.24, 2.45) is 0 Å². The Kier molecular flexibility index (Phi) is 3.81. The van der Waals surface area contributed by atoms with Crippen molar-refractivity contribution in [3.05, 3.63) is 59.5 Å². The summed E-state index contributed by atoms with van der Waals surface area (Å²) in [4.78, 5) is 22.7. The van der Waals surface area contributed by atoms with Gasteiger partial charge in [0.1, 0.15) is 17.3 Å². The third kappa shape index (κ3) is 2.91. The van der Waals surface area contributed by atoms with Gasteiger partial charge in [-0.3, -0.25) is 9.89 Å². The van der Waals surface area contributed by atoms with Crippen LogP contribution in [0.15, 0.2) is 47.0 Å². The van der Waals surface area contributed by atoms with Gasteiger partial charge in [0.05, 0.1) is 22.8 Å². The second-order valence-corrected chi connectivity index (χ2v) is 6.62. The highest BCUT2D eigenvalue weighted by Crippen LogP contribution is 2.42. The van der Waals surface area contributed by atoms with Crippen molar-refractivity contribution in [1.82, 2.24) is 10.2 Å². The Labute approximate surface area is 146 Å². The zero-order valence-electron chi connectivity index (χ0n) is 12.9. The lowest BCUT2D eigenvalue weighted by atomic mass is 10.1. The lowest BCUT2D eigenvalue weighted by Gasteiger charge is -2.10. The predicted octanol–water partition coefficient (Wildman–Crippen LogP) is 3.14. The maximum absolute atomic E-state index is 11.8. The van der Waals surface area contributed by atoms with Gasteiger partial charge in [-0.1, -0.05) is 12.1 Å². The molecule has 0 saturated heterocycles. The molecule has 7 nitrogen and oxygen atoms in total. The molecule has 0 unspecified atom stereocenters. The number of carbonyl (C=O) groups excluding carboxylic acids is 1. The number of hydrogen-bond acceptors (Lipinski definition) is 5. The van der Waals surface area contributed by atoms with Gasteiger partial charge in [-0.15, -0.1) is 11.8 Å². The molecule has 1 aliphatic heterocycles. The number of furan rings is 1. The third-order valence-electron chi connectivity index (χ3n) is 3.90. The number of amides is 1. The second kappa shape index (κ2) is 6.14. The Morgan fingerprint density at radius 2 is 2.04 bits per heavy atom. The number of nitrogens with one attached hydrogen (secondary N) is 2. The van der Waals surface area contributed by atoms with Gasteiger partial charge < -0.3 is 14.8 Å². The molecule has 0 aliphatic carbocycles. The van der Waals surface area contributed by atoms with Crippen molar-refractivity contribution in [2.45, 2.75) is 5.25 Å². The number of carbonyl (C=O) groups is 2. The van der Waals surface area contributed by atoms with E-state index in [0.29, 0.717) is 23.1 Å². The Morgan fingerprint density at radius 3 is 2.80 bits per heavy atom. The van der Waals surface area contributed by atoms with Crippen LogP contribution in [0.5, 0.6) is 0 Å². The van der Waals surface area contributed by atoms with E-state index in [0.717, 1.165) is 11.1 Å². The quantitative estimate of drug-likeness (QED) is 0.666. The number of anilines is 1. The molecule has 8 heteroatoms. The zero-order chi connectivity index (χ0) is 17.4. The Bertz CT molecular complexity index is 945. The van der Waals surface area contributed by atoms with E-state index in [1.54, 1.807) is 18.3 Å². The molecule has 25 heavy (non-hydrogen) atoms. The van der Waals surface area contributed by atoms with Gasteiger partial charge in [-0.05, 0) is 24.3 Å². The molecule has 1 aromatic carbocycles. The number of thioether (sulfide) groups is 1. The minimum Gasteiger partial charge on any atom is -0.478 e. The van der Waals surface area contributed by atoms with Crippen LogP contribution in [0.2, 0.25) is 0 Å². The summed E-state index contributed by atoms with van der Waals surface area (Å²) in [5, 5.41) is 18.4. The molecule has 0 saturated carbocycles. The van der Waals surface area contributed by atoms with E-state index >= 15 is 0 Å². The van der Waals surface area contributed by atoms with Crippen molar-refractivity contribution in [3.8, 4) is 11.3 Å². The van der Waals surface area contributed by atoms with Crippen LogP contribution in [0.3, 0.4) is 0 Å². The average molecular weight is 355 g/mol. The summed E-state index contributed by atoms with van der Waals surface area (Å²) in [6.45, 7) is 0. The first-order chi connectivity index (χ1) is 12.1. The molecule has 2 aromatic heterocycles. The smallest absolute Gasteiger partial charge is 0.335 e. The van der Waals surface area contributed by atoms with E-state index in [1.165, 1.54) is 23.9 Å². The molecule has 1 aliphatic rings. The summed E-state index contributed by atoms with van der Waals surface area (Å²) in [5.41, 5.74) is 1.87. The fourth-order valence-corrected chi connectivity index (χ4v) is 3.72. The Morgan fingerprint density at radius 1 is 1.24 bits per heavy atom. The molecule has 0 spiro atoms. The number of aromatic carboxylic acids is 1. The maximum atomic E-state index is 11.8. The molecule has 3 heterocycles. The average Bonchev–Trinajstić information content (AvgIpc) is 3.23. The highest BCUT2D eigenvalue weighted by Gasteiger charge is 2.28. The second-order valence-electron chi connectivity index (χ2n) is 5.52. The van der Waals surface area contributed by atoms with Crippen LogP contribution in [-0.2, 0) is 4.79 Å². The monoisotopic (exact) mass is 355 g/mol. The highest BCUT2D eigenvalue weighted by atomic mass is 32.2. The minimum atomic E-state index is -0.966. The predicted molar refractivity (Wildman–Crippen MR) is 92.6 cm³/mol. The lowest BCUT2D eigenvalue weighted by Crippen LogP contribution is -2.12. The van der Waals surface area contributed by atoms with Crippen LogP contribution in [0.1, 0.15) is 26.9 Å². The van der Waals surface area contributed by atoms with E-state index in [4.69, 9.17) is 9.52 Å². The van der Waals surface area contributed by atoms with Gasteiger partial charge in [0.15, 0.2) is 0 Å². The van der Waals surface area contributed by atoms with Crippen LogP contribution in [0.4, 0.5) is 5.82 Å². The Balaban J connectivity index is 1.65. The highest BCUT2D eigenvalue weighted by molar-refractivity contribution is 8.00. The zero-order valence-corrected chi connectivity index (χ0v) is 13.7. The topological polar surface area (TPSA) is 108 Å². The molecule has 126 valence electrons. The molecular formula is C17H13N3O4S. The van der Waals surface area contributed by atoms with E-state index in [1.807, 2.05) is 12.1 Å². The minimum absolute atomic E-state index is 0.0889. The number of H-pyrrole nitrogens is 1. The number of fused-ring (bicyclic) bond motifs is 1. The van der Waals surface area contributed by atoms with Gasteiger partial charge in [0.25, 0.3) is 0 Å². The van der Waals surface area contributed by atoms with Gasteiger partial charge in [0, 0.05) is 11.1 Å². The number of carboxylic acid groups (broad SMARTS) is 1. The molecule has 3 N–H and O–H groups in total. The first kappa shape index (κ1) is 15.5. The molecule has 1 amide bonds. The van der Waals surface area contributed by atoms with Crippen molar-refractivity contribution in [2.75, 3.05) is 11.1 Å². The largest absolute Gasteiger partial charge is 0.478 e. The molecule has 3 aromatic rings. The summed E-state index contributed by atoms with van der Waals surface area (Å²) >= 11 is 1.46. The third-order valence-corrected chi connectivity index (χ3v) is 5.15. The lowest BCUT2D eigenvalue weighted by molar-refractivity contribution is -0.113. The van der Waals surface area contributed by atoms with Crippen LogP contribution >= 0.6 is 11.8 Å². The first-order valence-electron chi connectivity index (χ1n) is 7.50. The van der Waals surface area contributed by atoms with E-state index in [-0.39, 0.29) is 16.7 Å². The summed E-state index contributed by atoms with van der Waals surface area (Å²) in [6, 6.07) is 10.2. The van der Waals surface area contributed by atoms with Gasteiger partial charge in [-0.2, -0.15) is 5.10 Å². The van der Waals surface area contributed by atoms with Gasteiger partial charge in [-0.25, -0.2) is 4.79 Å². The molecule has 4 rings (SSSR count). The van der Waals surface area contributed by atoms with Gasteiger partial charge >= 0.3 is 5.97 Å². The molecule has 0 fully saturated rings. The van der Waals surface area contributed by atoms with Crippen LogP contribution in [0, 0.1) is 0 Å². The van der Waals surface area contributed by atoms with Crippen molar-refractivity contribution in [3.63, 3.8) is 0 Å². The number of nitrogens with zero attached hydrogens (tertiary/aromatic N) is 1. The van der Waals surface area contributed by atoms with Crippen LogP contribution in [0.25, 0.3) is 11.3 Å². The standard InChI is InChI=1S/C17H13N3O4S/c21-14-8-25-15(11-7-18-20-16(11)19-14)13-6-5-12(24-13)9-1-3-10(4-2-9)17(22)23/h1-7,15H,8H2,(H,22,23)(H2,18,19,20,21)/t15-/m0/s1. The van der Waals surface area contributed by atoms with E-state index in [9.17, 15) is 9.59 Å². The van der Waals surface area contributed by atoms with E-state index in [2.05, 4.69) is 15.5 Å². The maximum Gasteiger partial charge on any atom is 0.335 e. The number of aromatic amines is 1. The fraction of sp³-hybridized carbons (Fsp3) is 0.118. The molecule has 0 bridgehead atoms. The molecule has 1 atom stereocenters. The van der Waals surface area contributed by atoms with Crippen LogP contribution < -0.4 is 5.32 Å². The summed E-state index contributed by atoms with van der Waals surface area (Å²) < 4.78 is 5.98. The van der Waals surface area contributed by atoms with E-state index < -0.39 is 5.97 Å². The first-order valence-corrected chi connectivity index (χ1v) is 8.55. The van der Waals surface area contributed by atoms with Crippen molar-refractivity contribution < 1.29 is 19.1 Å². The van der Waals surface area contributed by atoms with Crippen LogP contribution in [-0.4, -0.2) is 32.9 Å². The summed E-state index contributed by atoms with van der Waals surface area (Å²) in [5.74, 6) is 1.20. The number of benzene rings is 1. The SMILES string of the molecule is O=C1CS[C@H](c2ccc(-c3ccc(C(=O)O)cc3)o2)c2cn[nH]c2N1. The number of hydrogen-bond donors (Lipinski definition) is 3. The summed E-state index contributed by atoms with van der Waals surface area (Å²) in [7, 11) is 0. The number of rotatable bonds is 3. The molecule has 0 radical (unpaired) electrons. The van der Waals surface area contributed by atoms with Gasteiger partial charge in [0.2, 0.25) is 5.91 Å². The number of aromatic nitrogens is 2. The Hall–Kier alpha value is -3.00. The van der Waals surface area contributed by atoms with Crippen molar-refractivity contribution in [1.29, 1.82) is 0 Å². The number of carboxylic acids is 1. The fourth-order valence-electron chi connectivity index (χ4n) is 2.68.